The van der Waals surface area contributed by atoms with Crippen molar-refractivity contribution in [2.45, 2.75) is 77.6 Å². The van der Waals surface area contributed by atoms with Crippen molar-refractivity contribution in [3.8, 4) is 11.1 Å². The SMILES string of the molecule is Cl.Cl.[CH2]=[Zr]([C]1=CC=CC1)([c]1cccc(C(F)(F)F)c1)([c]1cccc(C(F)(F)F)c1)[c]1c(C(C)(C)C)ccc2c1Cc1cc(C(C)(C)C)ccc1-2. The van der Waals surface area contributed by atoms with Gasteiger partial charge in [0.2, 0.25) is 0 Å². The van der Waals surface area contributed by atoms with E-state index in [1.165, 1.54) is 24.3 Å². The topological polar surface area (TPSA) is 0 Å². The van der Waals surface area contributed by atoms with Crippen molar-refractivity contribution in [2.75, 3.05) is 0 Å². The Kier molecular flexibility index (Phi) is 10.4. The molecule has 0 saturated carbocycles. The summed E-state index contributed by atoms with van der Waals surface area (Å²) in [5.74, 6) is 0. The van der Waals surface area contributed by atoms with Gasteiger partial charge in [-0.3, -0.25) is 0 Å². The number of allylic oxidation sites excluding steroid dienone is 4. The first-order chi connectivity index (χ1) is 22.1. The maximum absolute atomic E-state index is 14.5. The fourth-order valence-corrected chi connectivity index (χ4v) is 24.7. The van der Waals surface area contributed by atoms with Gasteiger partial charge in [0.15, 0.2) is 0 Å². The molecule has 2 aliphatic rings. The number of halogens is 8. The van der Waals surface area contributed by atoms with Crippen LogP contribution in [0.1, 0.15) is 81.3 Å². The van der Waals surface area contributed by atoms with E-state index in [1.807, 2.05) is 24.3 Å². The van der Waals surface area contributed by atoms with Gasteiger partial charge in [0.05, 0.1) is 0 Å². The molecule has 4 aromatic rings. The summed E-state index contributed by atoms with van der Waals surface area (Å²) in [6.07, 6.45) is -2.74. The van der Waals surface area contributed by atoms with Crippen LogP contribution in [0.25, 0.3) is 11.1 Å². The Balaban J connectivity index is 0.00000281. The first-order valence-electron chi connectivity index (χ1n) is 16.2. The second kappa shape index (κ2) is 13.0. The molecule has 0 N–H and O–H groups in total. The van der Waals surface area contributed by atoms with E-state index in [2.05, 4.69) is 65.8 Å². The predicted molar refractivity (Wildman–Crippen MR) is 197 cm³/mol. The molecule has 0 spiro atoms. The minimum absolute atomic E-state index is 0. The second-order valence-electron chi connectivity index (χ2n) is 15.5. The van der Waals surface area contributed by atoms with Crippen LogP contribution in [-0.4, -0.2) is 4.21 Å². The molecule has 6 rings (SSSR count). The first kappa shape index (κ1) is 40.0. The first-order valence-corrected chi connectivity index (χ1v) is 22.9. The van der Waals surface area contributed by atoms with Gasteiger partial charge in [0.25, 0.3) is 0 Å². The molecule has 0 bridgehead atoms. The summed E-state index contributed by atoms with van der Waals surface area (Å²) in [5, 5.41) is 0. The van der Waals surface area contributed by atoms with Gasteiger partial charge in [-0.2, -0.15) is 0 Å². The molecule has 266 valence electrons. The molecule has 0 radical (unpaired) electrons. The summed E-state index contributed by atoms with van der Waals surface area (Å²) in [6, 6.07) is 21.1. The molecule has 0 atom stereocenters. The van der Waals surface area contributed by atoms with Gasteiger partial charge < -0.3 is 0 Å². The third-order valence-electron chi connectivity index (χ3n) is 10.4. The molecule has 4 aromatic carbocycles. The number of hydrogen-bond acceptors (Lipinski definition) is 0. The quantitative estimate of drug-likeness (QED) is 0.159. The zero-order valence-corrected chi connectivity index (χ0v) is 33.0. The van der Waals surface area contributed by atoms with E-state index in [0.717, 1.165) is 52.1 Å². The molecule has 0 saturated heterocycles. The Bertz CT molecular complexity index is 2020. The predicted octanol–water partition coefficient (Wildman–Crippen LogP) is 11.0. The number of benzene rings is 4. The van der Waals surface area contributed by atoms with Crippen molar-refractivity contribution in [1.82, 2.24) is 0 Å². The Morgan fingerprint density at radius 3 is 1.62 bits per heavy atom. The van der Waals surface area contributed by atoms with E-state index >= 15 is 0 Å². The molecule has 0 heterocycles. The third kappa shape index (κ3) is 6.34. The van der Waals surface area contributed by atoms with Gasteiger partial charge in [0, 0.05) is 0 Å². The van der Waals surface area contributed by atoms with Crippen molar-refractivity contribution in [2.24, 2.45) is 0 Å². The van der Waals surface area contributed by atoms with Gasteiger partial charge in [-0.15, -0.1) is 24.8 Å². The van der Waals surface area contributed by atoms with Crippen molar-refractivity contribution in [1.29, 1.82) is 0 Å². The molecule has 0 fully saturated rings. The summed E-state index contributed by atoms with van der Waals surface area (Å²) >= 11 is -6.03. The van der Waals surface area contributed by atoms with E-state index in [1.54, 1.807) is 12.1 Å². The van der Waals surface area contributed by atoms with Gasteiger partial charge in [-0.25, -0.2) is 0 Å². The molecular formula is C41H42Cl2F6Zr. The van der Waals surface area contributed by atoms with E-state index < -0.39 is 47.2 Å². The fraction of sp³-hybridized carbons (Fsp3) is 0.293. The second-order valence-corrected chi connectivity index (χ2v) is 28.3. The Morgan fingerprint density at radius 1 is 0.620 bits per heavy atom. The van der Waals surface area contributed by atoms with Crippen LogP contribution in [0.5, 0.6) is 0 Å². The van der Waals surface area contributed by atoms with Crippen LogP contribution in [0.2, 0.25) is 0 Å². The van der Waals surface area contributed by atoms with Crippen molar-refractivity contribution < 1.29 is 44.6 Å². The Labute approximate surface area is 304 Å². The standard InChI is InChI=1S/C21H25.2C7H4F3.C5H5.CH2.2ClH.Zr/c1-20(2,3)16-7-9-18-14(12-16)11-15-13-17(21(4,5)6)8-10-19(15)18;2*8-7(9,10)6-4-2-1-3-5-6;1-2-4-5-3-1;;;;/h7-10,12H,11H2,1-6H3;2*1-2,4-5H;1-3H,4H2;1H2;2*1H;. The maximum atomic E-state index is 14.5. The number of fused-ring (bicyclic) bond motifs is 3. The summed E-state index contributed by atoms with van der Waals surface area (Å²) in [5.41, 5.74) is 3.78. The number of hydrogen-bond donors (Lipinski definition) is 0. The molecule has 0 amide bonds. The Morgan fingerprint density at radius 2 is 1.16 bits per heavy atom. The van der Waals surface area contributed by atoms with E-state index in [0.29, 0.717) is 19.4 Å². The van der Waals surface area contributed by atoms with Crippen molar-refractivity contribution >= 4 is 38.8 Å². The third-order valence-corrected chi connectivity index (χ3v) is 26.7. The zero-order chi connectivity index (χ0) is 35.1. The molecular weight excluding hydrogens is 769 g/mol. The molecule has 50 heavy (non-hydrogen) atoms. The molecule has 0 aliphatic heterocycles. The molecule has 0 aromatic heterocycles. The summed E-state index contributed by atoms with van der Waals surface area (Å²) in [7, 11) is 0. The van der Waals surface area contributed by atoms with Crippen LogP contribution in [0.15, 0.2) is 100 Å². The molecule has 0 unspecified atom stereocenters. The average Bonchev–Trinajstić information content (AvgIpc) is 3.67. The van der Waals surface area contributed by atoms with Crippen LogP contribution in [-0.2, 0) is 47.9 Å². The molecule has 0 nitrogen and oxygen atoms in total. The van der Waals surface area contributed by atoms with Crippen LogP contribution in [0, 0.1) is 0 Å². The van der Waals surface area contributed by atoms with Crippen LogP contribution in [0.3, 0.4) is 0 Å². The summed E-state index contributed by atoms with van der Waals surface area (Å²) < 4.78 is 94.6. The number of rotatable bonds is 4. The molecule has 9 heteroatoms. The summed E-state index contributed by atoms with van der Waals surface area (Å²) in [6.45, 7) is 12.6. The van der Waals surface area contributed by atoms with E-state index in [-0.39, 0.29) is 30.2 Å². The van der Waals surface area contributed by atoms with Gasteiger partial charge in [-0.05, 0) is 0 Å². The number of alkyl halides is 6. The average molecular weight is 811 g/mol. The van der Waals surface area contributed by atoms with Gasteiger partial charge in [0.1, 0.15) is 0 Å². The minimum atomic E-state index is -6.03. The summed E-state index contributed by atoms with van der Waals surface area (Å²) in [4.78, 5) is 0. The monoisotopic (exact) mass is 808 g/mol. The van der Waals surface area contributed by atoms with Gasteiger partial charge in [-0.1, -0.05) is 0 Å². The van der Waals surface area contributed by atoms with E-state index in [4.69, 9.17) is 4.21 Å². The van der Waals surface area contributed by atoms with Crippen LogP contribution < -0.4 is 9.81 Å². The van der Waals surface area contributed by atoms with Crippen molar-refractivity contribution in [3.05, 3.63) is 134 Å². The van der Waals surface area contributed by atoms with Crippen LogP contribution >= 0.6 is 24.8 Å². The zero-order valence-electron chi connectivity index (χ0n) is 28.9. The van der Waals surface area contributed by atoms with E-state index in [9.17, 15) is 26.3 Å². The Hall–Kier alpha value is -2.73. The van der Waals surface area contributed by atoms with Crippen molar-refractivity contribution in [3.63, 3.8) is 0 Å². The van der Waals surface area contributed by atoms with Gasteiger partial charge >= 0.3 is 281 Å². The fourth-order valence-electron chi connectivity index (χ4n) is 7.92. The van der Waals surface area contributed by atoms with Crippen LogP contribution in [0.4, 0.5) is 26.3 Å². The normalized spacial score (nSPS) is 14.8. The molecule has 2 aliphatic carbocycles.